The molecule has 16 heavy (non-hydrogen) atoms. The summed E-state index contributed by atoms with van der Waals surface area (Å²) < 4.78 is 4.60. The molecule has 0 radical (unpaired) electrons. The Bertz CT molecular complexity index is 263. The molecule has 1 fully saturated rings. The van der Waals surface area contributed by atoms with Crippen molar-refractivity contribution in [3.8, 4) is 0 Å². The highest BCUT2D eigenvalue weighted by Crippen LogP contribution is 2.18. The van der Waals surface area contributed by atoms with Gasteiger partial charge in [0.05, 0.1) is 6.42 Å². The highest BCUT2D eigenvalue weighted by atomic mass is 16.6. The highest BCUT2D eigenvalue weighted by Gasteiger charge is 2.38. The number of carbonyl (C=O) groups is 2. The van der Waals surface area contributed by atoms with Crippen LogP contribution < -0.4 is 0 Å². The first kappa shape index (κ1) is 13.2. The van der Waals surface area contributed by atoms with Crippen molar-refractivity contribution in [1.29, 1.82) is 0 Å². The molecular weight excluding hydrogens is 206 g/mol. The lowest BCUT2D eigenvalue weighted by Crippen LogP contribution is -2.42. The van der Waals surface area contributed by atoms with Crippen LogP contribution in [-0.4, -0.2) is 36.0 Å². The fourth-order valence-corrected chi connectivity index (χ4v) is 2.01. The highest BCUT2D eigenvalue weighted by molar-refractivity contribution is 5.96. The maximum absolute atomic E-state index is 11.5. The number of cyclic esters (lactones) is 2. The van der Waals surface area contributed by atoms with E-state index in [-0.39, 0.29) is 18.4 Å². The predicted molar refractivity (Wildman–Crippen MR) is 60.8 cm³/mol. The van der Waals surface area contributed by atoms with Gasteiger partial charge in [0, 0.05) is 13.1 Å². The van der Waals surface area contributed by atoms with Crippen LogP contribution in [0.3, 0.4) is 0 Å². The van der Waals surface area contributed by atoms with E-state index in [0.29, 0.717) is 11.8 Å². The summed E-state index contributed by atoms with van der Waals surface area (Å²) in [4.78, 5) is 24.6. The molecule has 4 heteroatoms. The van der Waals surface area contributed by atoms with Crippen molar-refractivity contribution in [3.63, 3.8) is 0 Å². The Morgan fingerprint density at radius 2 is 1.69 bits per heavy atom. The molecule has 1 atom stereocenters. The molecule has 1 heterocycles. The van der Waals surface area contributed by atoms with E-state index in [0.717, 1.165) is 13.1 Å². The maximum Gasteiger partial charge on any atom is 0.331 e. The summed E-state index contributed by atoms with van der Waals surface area (Å²) in [5.74, 6) is 0.170. The second kappa shape index (κ2) is 5.43. The van der Waals surface area contributed by atoms with Gasteiger partial charge in [0.25, 0.3) is 0 Å². The molecule has 0 saturated carbocycles. The number of hydrogen-bond acceptors (Lipinski definition) is 4. The molecular formula is C12H21NO3. The van der Waals surface area contributed by atoms with Crippen LogP contribution in [0.4, 0.5) is 0 Å². The molecule has 0 N–H and O–H groups in total. The van der Waals surface area contributed by atoms with E-state index in [2.05, 4.69) is 37.3 Å². The monoisotopic (exact) mass is 227 g/mol. The molecule has 0 spiro atoms. The Labute approximate surface area is 96.9 Å². The third kappa shape index (κ3) is 3.59. The summed E-state index contributed by atoms with van der Waals surface area (Å²) in [6, 6.07) is -0.364. The van der Waals surface area contributed by atoms with Gasteiger partial charge in [0.15, 0.2) is 0 Å². The van der Waals surface area contributed by atoms with E-state index in [4.69, 9.17) is 0 Å². The number of esters is 2. The van der Waals surface area contributed by atoms with Crippen LogP contribution in [0.2, 0.25) is 0 Å². The maximum atomic E-state index is 11.5. The molecule has 0 bridgehead atoms. The van der Waals surface area contributed by atoms with Crippen LogP contribution in [-0.2, 0) is 14.3 Å². The number of rotatable bonds is 5. The van der Waals surface area contributed by atoms with E-state index < -0.39 is 5.97 Å². The number of hydrogen-bond donors (Lipinski definition) is 0. The molecule has 4 nitrogen and oxygen atoms in total. The van der Waals surface area contributed by atoms with Crippen LogP contribution in [0, 0.1) is 11.8 Å². The van der Waals surface area contributed by atoms with Crippen LogP contribution in [0.15, 0.2) is 0 Å². The molecule has 1 aliphatic heterocycles. The van der Waals surface area contributed by atoms with E-state index in [1.54, 1.807) is 0 Å². The summed E-state index contributed by atoms with van der Waals surface area (Å²) in [6.07, 6.45) is 0.207. The van der Waals surface area contributed by atoms with Gasteiger partial charge in [-0.25, -0.2) is 4.79 Å². The zero-order chi connectivity index (χ0) is 12.3. The summed E-state index contributed by atoms with van der Waals surface area (Å²) >= 11 is 0. The molecule has 1 saturated heterocycles. The van der Waals surface area contributed by atoms with E-state index in [1.165, 1.54) is 0 Å². The van der Waals surface area contributed by atoms with Crippen molar-refractivity contribution in [2.24, 2.45) is 11.8 Å². The molecule has 0 aromatic carbocycles. The fraction of sp³-hybridized carbons (Fsp3) is 0.833. The normalized spacial score (nSPS) is 21.3. The molecule has 1 unspecified atom stereocenters. The number of ether oxygens (including phenoxy) is 1. The van der Waals surface area contributed by atoms with Crippen molar-refractivity contribution >= 4 is 11.9 Å². The topological polar surface area (TPSA) is 46.6 Å². The SMILES string of the molecule is CC(C)CN(CC(C)C)C1CC(=O)OC1=O. The molecule has 0 amide bonds. The first-order valence-corrected chi connectivity index (χ1v) is 5.88. The van der Waals surface area contributed by atoms with Gasteiger partial charge in [-0.05, 0) is 11.8 Å². The van der Waals surface area contributed by atoms with Gasteiger partial charge in [-0.15, -0.1) is 0 Å². The second-order valence-electron chi connectivity index (χ2n) is 5.25. The smallest absolute Gasteiger partial charge is 0.331 e. The standard InChI is InChI=1S/C12H21NO3/c1-8(2)6-13(7-9(3)4)10-5-11(14)16-12(10)15/h8-10H,5-7H2,1-4H3. The fourth-order valence-electron chi connectivity index (χ4n) is 2.01. The molecule has 1 rings (SSSR count). The minimum absolute atomic E-state index is 0.207. The summed E-state index contributed by atoms with van der Waals surface area (Å²) in [5, 5.41) is 0. The van der Waals surface area contributed by atoms with E-state index >= 15 is 0 Å². The summed E-state index contributed by atoms with van der Waals surface area (Å²) in [5.41, 5.74) is 0. The van der Waals surface area contributed by atoms with Gasteiger partial charge in [0.1, 0.15) is 6.04 Å². The van der Waals surface area contributed by atoms with Crippen molar-refractivity contribution in [1.82, 2.24) is 4.90 Å². The molecule has 0 aromatic heterocycles. The largest absolute Gasteiger partial charge is 0.392 e. The first-order valence-electron chi connectivity index (χ1n) is 5.88. The molecule has 1 aliphatic rings. The van der Waals surface area contributed by atoms with Crippen LogP contribution in [0.5, 0.6) is 0 Å². The van der Waals surface area contributed by atoms with Crippen molar-refractivity contribution in [2.75, 3.05) is 13.1 Å². The Kier molecular flexibility index (Phi) is 4.47. The number of nitrogens with zero attached hydrogens (tertiary/aromatic N) is 1. The van der Waals surface area contributed by atoms with E-state index in [9.17, 15) is 9.59 Å². The molecule has 92 valence electrons. The van der Waals surface area contributed by atoms with Crippen LogP contribution in [0.1, 0.15) is 34.1 Å². The zero-order valence-corrected chi connectivity index (χ0v) is 10.5. The molecule has 0 aliphatic carbocycles. The Hall–Kier alpha value is -0.900. The Morgan fingerprint density at radius 1 is 1.19 bits per heavy atom. The average Bonchev–Trinajstić information content (AvgIpc) is 2.42. The lowest BCUT2D eigenvalue weighted by atomic mass is 10.1. The first-order chi connectivity index (χ1) is 7.40. The van der Waals surface area contributed by atoms with Gasteiger partial charge >= 0.3 is 11.9 Å². The second-order valence-corrected chi connectivity index (χ2v) is 5.25. The molecule has 0 aromatic rings. The van der Waals surface area contributed by atoms with E-state index in [1.807, 2.05) is 0 Å². The predicted octanol–water partition coefficient (Wildman–Crippen LogP) is 1.44. The van der Waals surface area contributed by atoms with Gasteiger partial charge in [-0.3, -0.25) is 9.69 Å². The third-order valence-corrected chi connectivity index (χ3v) is 2.49. The quantitative estimate of drug-likeness (QED) is 0.526. The van der Waals surface area contributed by atoms with Crippen molar-refractivity contribution in [2.45, 2.75) is 40.2 Å². The lowest BCUT2D eigenvalue weighted by molar-refractivity contribution is -0.153. The third-order valence-electron chi connectivity index (χ3n) is 2.49. The van der Waals surface area contributed by atoms with Crippen LogP contribution in [0.25, 0.3) is 0 Å². The van der Waals surface area contributed by atoms with Gasteiger partial charge in [-0.2, -0.15) is 0 Å². The minimum Gasteiger partial charge on any atom is -0.392 e. The van der Waals surface area contributed by atoms with Gasteiger partial charge in [0.2, 0.25) is 0 Å². The van der Waals surface area contributed by atoms with Crippen LogP contribution >= 0.6 is 0 Å². The average molecular weight is 227 g/mol. The van der Waals surface area contributed by atoms with Gasteiger partial charge < -0.3 is 4.74 Å². The zero-order valence-electron chi connectivity index (χ0n) is 10.5. The Morgan fingerprint density at radius 3 is 2.00 bits per heavy atom. The summed E-state index contributed by atoms with van der Waals surface area (Å²) in [6.45, 7) is 10.1. The Balaban J connectivity index is 2.67. The van der Waals surface area contributed by atoms with Crippen molar-refractivity contribution < 1.29 is 14.3 Å². The summed E-state index contributed by atoms with van der Waals surface area (Å²) in [7, 11) is 0. The minimum atomic E-state index is -0.396. The van der Waals surface area contributed by atoms with Crippen molar-refractivity contribution in [3.05, 3.63) is 0 Å². The van der Waals surface area contributed by atoms with Gasteiger partial charge in [-0.1, -0.05) is 27.7 Å². The lowest BCUT2D eigenvalue weighted by Gasteiger charge is -2.28. The number of carbonyl (C=O) groups excluding carboxylic acids is 2.